The molecule has 0 radical (unpaired) electrons. The zero-order chi connectivity index (χ0) is 12.6. The number of aliphatic hydroxyl groups is 1. The molecule has 1 aliphatic rings. The molecule has 0 aliphatic carbocycles. The van der Waals surface area contributed by atoms with E-state index in [0.29, 0.717) is 6.61 Å². The molecule has 0 spiro atoms. The number of aliphatic hydroxyl groups excluding tert-OH is 1. The van der Waals surface area contributed by atoms with E-state index >= 15 is 0 Å². The van der Waals surface area contributed by atoms with Crippen LogP contribution in [0.4, 0.5) is 0 Å². The quantitative estimate of drug-likeness (QED) is 0.633. The molecule has 0 saturated carbocycles. The molecule has 1 heterocycles. The molecule has 0 aromatic carbocycles. The highest BCUT2D eigenvalue weighted by Crippen LogP contribution is 2.28. The van der Waals surface area contributed by atoms with Gasteiger partial charge in [-0.3, -0.25) is 0 Å². The van der Waals surface area contributed by atoms with Crippen molar-refractivity contribution in [2.75, 3.05) is 13.2 Å². The summed E-state index contributed by atoms with van der Waals surface area (Å²) in [5, 5.41) is 8.99. The van der Waals surface area contributed by atoms with Gasteiger partial charge in [0.05, 0.1) is 13.2 Å². The molecule has 102 valence electrons. The summed E-state index contributed by atoms with van der Waals surface area (Å²) in [5.74, 6) is -0.448. The van der Waals surface area contributed by atoms with Crippen LogP contribution in [0.3, 0.4) is 0 Å². The van der Waals surface area contributed by atoms with E-state index < -0.39 is 5.79 Å². The second-order valence-corrected chi connectivity index (χ2v) is 5.24. The molecule has 3 heteroatoms. The van der Waals surface area contributed by atoms with Crippen LogP contribution in [0.5, 0.6) is 0 Å². The van der Waals surface area contributed by atoms with Crippen molar-refractivity contribution in [1.82, 2.24) is 0 Å². The molecular formula is C14H28O3. The minimum atomic E-state index is -0.448. The van der Waals surface area contributed by atoms with E-state index in [0.717, 1.165) is 12.8 Å². The average molecular weight is 244 g/mol. The van der Waals surface area contributed by atoms with Gasteiger partial charge in [0, 0.05) is 6.42 Å². The van der Waals surface area contributed by atoms with Crippen molar-refractivity contribution < 1.29 is 14.6 Å². The molecule has 1 aliphatic heterocycles. The zero-order valence-electron chi connectivity index (χ0n) is 11.4. The van der Waals surface area contributed by atoms with Gasteiger partial charge in [-0.25, -0.2) is 0 Å². The van der Waals surface area contributed by atoms with E-state index in [4.69, 9.17) is 14.6 Å². The standard InChI is InChI=1S/C14H28O3/c1-3-4-5-6-7-8-9-10-14(2)16-12-13(11-15)17-14/h13,15H,3-12H2,1-2H3/t13-,14-/m0/s1. The lowest BCUT2D eigenvalue weighted by atomic mass is 10.1. The molecule has 0 unspecified atom stereocenters. The highest BCUT2D eigenvalue weighted by molar-refractivity contribution is 4.74. The molecule has 1 fully saturated rings. The Bertz CT molecular complexity index is 196. The molecule has 1 N–H and O–H groups in total. The number of hydrogen-bond acceptors (Lipinski definition) is 3. The number of rotatable bonds is 9. The fraction of sp³-hybridized carbons (Fsp3) is 1.00. The van der Waals surface area contributed by atoms with Gasteiger partial charge in [0.1, 0.15) is 6.10 Å². The Morgan fingerprint density at radius 1 is 1.12 bits per heavy atom. The summed E-state index contributed by atoms with van der Waals surface area (Å²) in [6, 6.07) is 0. The predicted molar refractivity (Wildman–Crippen MR) is 68.9 cm³/mol. The lowest BCUT2D eigenvalue weighted by Gasteiger charge is -2.22. The molecule has 1 rings (SSSR count). The zero-order valence-corrected chi connectivity index (χ0v) is 11.4. The Labute approximate surface area is 105 Å². The van der Waals surface area contributed by atoms with Crippen LogP contribution in [0.2, 0.25) is 0 Å². The van der Waals surface area contributed by atoms with Crippen molar-refractivity contribution in [3.8, 4) is 0 Å². The summed E-state index contributed by atoms with van der Waals surface area (Å²) in [6.45, 7) is 4.82. The number of hydrogen-bond donors (Lipinski definition) is 1. The first-order chi connectivity index (χ1) is 8.20. The maximum Gasteiger partial charge on any atom is 0.166 e. The fourth-order valence-corrected chi connectivity index (χ4v) is 2.31. The van der Waals surface area contributed by atoms with Crippen molar-refractivity contribution in [2.24, 2.45) is 0 Å². The first-order valence-electron chi connectivity index (χ1n) is 7.13. The van der Waals surface area contributed by atoms with E-state index in [9.17, 15) is 0 Å². The van der Waals surface area contributed by atoms with Gasteiger partial charge in [-0.05, 0) is 13.3 Å². The molecule has 0 amide bonds. The first-order valence-corrected chi connectivity index (χ1v) is 7.13. The lowest BCUT2D eigenvalue weighted by Crippen LogP contribution is -2.27. The molecule has 2 atom stereocenters. The van der Waals surface area contributed by atoms with Crippen LogP contribution in [0, 0.1) is 0 Å². The van der Waals surface area contributed by atoms with Crippen LogP contribution in [0.25, 0.3) is 0 Å². The van der Waals surface area contributed by atoms with Gasteiger partial charge in [-0.1, -0.05) is 45.4 Å². The number of unbranched alkanes of at least 4 members (excludes halogenated alkanes) is 6. The van der Waals surface area contributed by atoms with Crippen LogP contribution < -0.4 is 0 Å². The van der Waals surface area contributed by atoms with E-state index in [2.05, 4.69) is 6.92 Å². The normalized spacial score (nSPS) is 28.8. The van der Waals surface area contributed by atoms with E-state index in [-0.39, 0.29) is 12.7 Å². The summed E-state index contributed by atoms with van der Waals surface area (Å²) >= 11 is 0. The van der Waals surface area contributed by atoms with Crippen molar-refractivity contribution in [2.45, 2.75) is 77.1 Å². The van der Waals surface area contributed by atoms with Gasteiger partial charge in [-0.2, -0.15) is 0 Å². The van der Waals surface area contributed by atoms with Gasteiger partial charge in [-0.15, -0.1) is 0 Å². The lowest BCUT2D eigenvalue weighted by molar-refractivity contribution is -0.162. The minimum absolute atomic E-state index is 0.0621. The van der Waals surface area contributed by atoms with Gasteiger partial charge in [0.25, 0.3) is 0 Å². The van der Waals surface area contributed by atoms with Crippen LogP contribution >= 0.6 is 0 Å². The largest absolute Gasteiger partial charge is 0.394 e. The summed E-state index contributed by atoms with van der Waals surface area (Å²) in [5.41, 5.74) is 0. The van der Waals surface area contributed by atoms with Crippen LogP contribution in [-0.4, -0.2) is 30.2 Å². The Morgan fingerprint density at radius 2 is 1.76 bits per heavy atom. The SMILES string of the molecule is CCCCCCCCC[C@@]1(C)OC[C@H](CO)O1. The predicted octanol–water partition coefficient (Wildman–Crippen LogP) is 3.25. The third kappa shape index (κ3) is 5.84. The number of ether oxygens (including phenoxy) is 2. The van der Waals surface area contributed by atoms with Crippen LogP contribution in [0.15, 0.2) is 0 Å². The maximum absolute atomic E-state index is 8.99. The Hall–Kier alpha value is -0.120. The fourth-order valence-electron chi connectivity index (χ4n) is 2.31. The molecule has 1 saturated heterocycles. The third-order valence-electron chi connectivity index (χ3n) is 3.43. The smallest absolute Gasteiger partial charge is 0.166 e. The molecule has 0 aromatic rings. The van der Waals surface area contributed by atoms with Gasteiger partial charge < -0.3 is 14.6 Å². The van der Waals surface area contributed by atoms with Gasteiger partial charge in [0.2, 0.25) is 0 Å². The molecule has 17 heavy (non-hydrogen) atoms. The molecule has 0 aromatic heterocycles. The topological polar surface area (TPSA) is 38.7 Å². The Balaban J connectivity index is 1.99. The molecule has 3 nitrogen and oxygen atoms in total. The Morgan fingerprint density at radius 3 is 2.35 bits per heavy atom. The highest BCUT2D eigenvalue weighted by Gasteiger charge is 2.35. The first kappa shape index (κ1) is 14.9. The van der Waals surface area contributed by atoms with E-state index in [1.807, 2.05) is 6.92 Å². The van der Waals surface area contributed by atoms with E-state index in [1.165, 1.54) is 38.5 Å². The van der Waals surface area contributed by atoms with Crippen LogP contribution in [-0.2, 0) is 9.47 Å². The van der Waals surface area contributed by atoms with Crippen molar-refractivity contribution in [1.29, 1.82) is 0 Å². The van der Waals surface area contributed by atoms with Gasteiger partial charge >= 0.3 is 0 Å². The molecule has 0 bridgehead atoms. The second-order valence-electron chi connectivity index (χ2n) is 5.24. The van der Waals surface area contributed by atoms with Crippen molar-refractivity contribution >= 4 is 0 Å². The molecular weight excluding hydrogens is 216 g/mol. The Kier molecular flexibility index (Phi) is 7.09. The van der Waals surface area contributed by atoms with E-state index in [1.54, 1.807) is 0 Å². The second kappa shape index (κ2) is 8.06. The van der Waals surface area contributed by atoms with Gasteiger partial charge in [0.15, 0.2) is 5.79 Å². The summed E-state index contributed by atoms with van der Waals surface area (Å²) in [6.07, 6.45) is 9.95. The van der Waals surface area contributed by atoms with Crippen molar-refractivity contribution in [3.05, 3.63) is 0 Å². The summed E-state index contributed by atoms with van der Waals surface area (Å²) < 4.78 is 11.3. The summed E-state index contributed by atoms with van der Waals surface area (Å²) in [4.78, 5) is 0. The third-order valence-corrected chi connectivity index (χ3v) is 3.43. The van der Waals surface area contributed by atoms with Crippen LogP contribution in [0.1, 0.15) is 65.2 Å². The van der Waals surface area contributed by atoms with Crippen molar-refractivity contribution in [3.63, 3.8) is 0 Å². The average Bonchev–Trinajstić information content (AvgIpc) is 2.70. The minimum Gasteiger partial charge on any atom is -0.394 e. The maximum atomic E-state index is 8.99. The highest BCUT2D eigenvalue weighted by atomic mass is 16.7. The monoisotopic (exact) mass is 244 g/mol. The summed E-state index contributed by atoms with van der Waals surface area (Å²) in [7, 11) is 0.